The van der Waals surface area contributed by atoms with Crippen molar-refractivity contribution in [3.05, 3.63) is 29.9 Å². The number of nitrogen functional groups attached to an aromatic ring is 1. The van der Waals surface area contributed by atoms with Crippen molar-refractivity contribution in [3.8, 4) is 0 Å². The Morgan fingerprint density at radius 3 is 2.87 bits per heavy atom. The smallest absolute Gasteiger partial charge is 0.156 e. The molecule has 1 aliphatic rings. The first-order valence-electron chi connectivity index (χ1n) is 4.81. The van der Waals surface area contributed by atoms with Crippen LogP contribution in [0.4, 0.5) is 10.1 Å². The second-order valence-electron chi connectivity index (χ2n) is 3.58. The molecular formula is C11H11FN2O. The molecule has 0 spiro atoms. The third-order valence-electron chi connectivity index (χ3n) is 2.39. The van der Waals surface area contributed by atoms with Crippen LogP contribution >= 0.6 is 0 Å². The molecule has 2 N–H and O–H groups in total. The number of anilines is 1. The minimum Gasteiger partial charge on any atom is -0.397 e. The summed E-state index contributed by atoms with van der Waals surface area (Å²) in [6.45, 7) is 0. The van der Waals surface area contributed by atoms with Crippen molar-refractivity contribution < 1.29 is 9.18 Å². The standard InChI is InChI=1S/C11H11FN2O/c12-8-5-10(13)11(14-6-8)7-2-1-3-9(15)4-7/h4-6H,1-3,13H2. The van der Waals surface area contributed by atoms with Crippen LogP contribution in [-0.4, -0.2) is 10.8 Å². The van der Waals surface area contributed by atoms with Crippen LogP contribution in [0.3, 0.4) is 0 Å². The van der Waals surface area contributed by atoms with Gasteiger partial charge >= 0.3 is 0 Å². The van der Waals surface area contributed by atoms with Crippen molar-refractivity contribution in [3.63, 3.8) is 0 Å². The third-order valence-corrected chi connectivity index (χ3v) is 2.39. The minimum absolute atomic E-state index is 0.0850. The topological polar surface area (TPSA) is 56.0 Å². The highest BCUT2D eigenvalue weighted by molar-refractivity contribution is 5.98. The van der Waals surface area contributed by atoms with Crippen molar-refractivity contribution in [2.24, 2.45) is 0 Å². The summed E-state index contributed by atoms with van der Waals surface area (Å²) in [6.07, 6.45) is 4.83. The zero-order chi connectivity index (χ0) is 10.8. The van der Waals surface area contributed by atoms with Gasteiger partial charge in [0.15, 0.2) is 5.78 Å². The molecule has 0 amide bonds. The molecule has 0 saturated heterocycles. The lowest BCUT2D eigenvalue weighted by Gasteiger charge is -2.12. The second-order valence-corrected chi connectivity index (χ2v) is 3.58. The van der Waals surface area contributed by atoms with E-state index < -0.39 is 5.82 Å². The van der Waals surface area contributed by atoms with Crippen LogP contribution in [0, 0.1) is 5.82 Å². The molecule has 0 saturated carbocycles. The van der Waals surface area contributed by atoms with E-state index in [2.05, 4.69) is 4.98 Å². The Balaban J connectivity index is 2.41. The van der Waals surface area contributed by atoms with Gasteiger partial charge in [0.05, 0.1) is 17.6 Å². The van der Waals surface area contributed by atoms with Crippen LogP contribution in [0.1, 0.15) is 25.0 Å². The van der Waals surface area contributed by atoms with E-state index in [9.17, 15) is 9.18 Å². The van der Waals surface area contributed by atoms with Crippen LogP contribution in [0.25, 0.3) is 5.57 Å². The van der Waals surface area contributed by atoms with Crippen molar-refractivity contribution in [1.82, 2.24) is 4.98 Å². The average molecular weight is 206 g/mol. The first kappa shape index (κ1) is 9.83. The maximum absolute atomic E-state index is 12.8. The second kappa shape index (κ2) is 3.81. The summed E-state index contributed by atoms with van der Waals surface area (Å²) in [5.41, 5.74) is 7.27. The Hall–Kier alpha value is -1.71. The van der Waals surface area contributed by atoms with E-state index in [1.54, 1.807) is 6.08 Å². The van der Waals surface area contributed by atoms with Crippen molar-refractivity contribution in [2.75, 3.05) is 5.73 Å². The number of pyridine rings is 1. The molecule has 0 aliphatic heterocycles. The molecule has 0 unspecified atom stereocenters. The van der Waals surface area contributed by atoms with Crippen LogP contribution < -0.4 is 5.73 Å². The fraction of sp³-hybridized carbons (Fsp3) is 0.273. The lowest BCUT2D eigenvalue weighted by molar-refractivity contribution is -0.114. The predicted octanol–water partition coefficient (Wildman–Crippen LogP) is 1.94. The molecule has 15 heavy (non-hydrogen) atoms. The third kappa shape index (κ3) is 2.03. The molecule has 1 aromatic heterocycles. The average Bonchev–Trinajstić information content (AvgIpc) is 2.17. The van der Waals surface area contributed by atoms with E-state index >= 15 is 0 Å². The molecule has 1 aromatic rings. The highest BCUT2D eigenvalue weighted by atomic mass is 19.1. The van der Waals surface area contributed by atoms with Gasteiger partial charge in [-0.05, 0) is 24.5 Å². The Labute approximate surface area is 86.8 Å². The van der Waals surface area contributed by atoms with Gasteiger partial charge in [-0.2, -0.15) is 0 Å². The lowest BCUT2D eigenvalue weighted by Crippen LogP contribution is -2.05. The van der Waals surface area contributed by atoms with E-state index in [1.807, 2.05) is 0 Å². The van der Waals surface area contributed by atoms with Gasteiger partial charge in [0.1, 0.15) is 5.82 Å². The number of hydrogen-bond acceptors (Lipinski definition) is 3. The highest BCUT2D eigenvalue weighted by Gasteiger charge is 2.14. The summed E-state index contributed by atoms with van der Waals surface area (Å²) in [5.74, 6) is -0.374. The van der Waals surface area contributed by atoms with Crippen molar-refractivity contribution in [2.45, 2.75) is 19.3 Å². The molecule has 2 rings (SSSR count). The zero-order valence-corrected chi connectivity index (χ0v) is 8.16. The molecule has 3 nitrogen and oxygen atoms in total. The van der Waals surface area contributed by atoms with E-state index in [-0.39, 0.29) is 11.5 Å². The molecule has 0 radical (unpaired) electrons. The number of nitrogens with zero attached hydrogens (tertiary/aromatic N) is 1. The van der Waals surface area contributed by atoms with Gasteiger partial charge in [0, 0.05) is 12.5 Å². The number of nitrogens with two attached hydrogens (primary N) is 1. The normalized spacial score (nSPS) is 16.3. The molecule has 1 heterocycles. The number of halogens is 1. The number of carbonyl (C=O) groups is 1. The van der Waals surface area contributed by atoms with E-state index in [0.29, 0.717) is 12.1 Å². The van der Waals surface area contributed by atoms with Crippen LogP contribution in [0.15, 0.2) is 18.3 Å². The number of hydrogen-bond donors (Lipinski definition) is 1. The van der Waals surface area contributed by atoms with Crippen LogP contribution in [-0.2, 0) is 4.79 Å². The van der Waals surface area contributed by atoms with Crippen LogP contribution in [0.2, 0.25) is 0 Å². The lowest BCUT2D eigenvalue weighted by atomic mass is 9.95. The molecule has 0 aromatic carbocycles. The van der Waals surface area contributed by atoms with Gasteiger partial charge in [-0.1, -0.05) is 0 Å². The van der Waals surface area contributed by atoms with Gasteiger partial charge in [-0.3, -0.25) is 9.78 Å². The number of ketones is 1. The molecule has 0 fully saturated rings. The highest BCUT2D eigenvalue weighted by Crippen LogP contribution is 2.27. The Morgan fingerprint density at radius 1 is 1.40 bits per heavy atom. The molecule has 4 heteroatoms. The molecule has 1 aliphatic carbocycles. The Kier molecular flexibility index (Phi) is 2.49. The van der Waals surface area contributed by atoms with Gasteiger partial charge in [0.25, 0.3) is 0 Å². The quantitative estimate of drug-likeness (QED) is 0.763. The minimum atomic E-state index is -0.459. The Morgan fingerprint density at radius 2 is 2.20 bits per heavy atom. The fourth-order valence-electron chi connectivity index (χ4n) is 1.70. The monoisotopic (exact) mass is 206 g/mol. The van der Waals surface area contributed by atoms with Gasteiger partial charge in [-0.25, -0.2) is 4.39 Å². The summed E-state index contributed by atoms with van der Waals surface area (Å²) in [4.78, 5) is 15.1. The van der Waals surface area contributed by atoms with Gasteiger partial charge < -0.3 is 5.73 Å². The SMILES string of the molecule is Nc1cc(F)cnc1C1=CC(=O)CCC1. The zero-order valence-electron chi connectivity index (χ0n) is 8.16. The first-order chi connectivity index (χ1) is 7.16. The Bertz CT molecular complexity index is 440. The van der Waals surface area contributed by atoms with Crippen molar-refractivity contribution >= 4 is 17.0 Å². The number of rotatable bonds is 1. The summed E-state index contributed by atoms with van der Waals surface area (Å²) in [6, 6.07) is 1.22. The number of aromatic nitrogens is 1. The molecule has 0 bridgehead atoms. The number of allylic oxidation sites excluding steroid dienone is 2. The van der Waals surface area contributed by atoms with Gasteiger partial charge in [-0.15, -0.1) is 0 Å². The summed E-state index contributed by atoms with van der Waals surface area (Å²) in [5, 5.41) is 0. The summed E-state index contributed by atoms with van der Waals surface area (Å²) < 4.78 is 12.8. The van der Waals surface area contributed by atoms with Crippen molar-refractivity contribution in [1.29, 1.82) is 0 Å². The molecule has 0 atom stereocenters. The number of carbonyl (C=O) groups excluding carboxylic acids is 1. The predicted molar refractivity (Wildman–Crippen MR) is 55.4 cm³/mol. The summed E-state index contributed by atoms with van der Waals surface area (Å²) >= 11 is 0. The fourth-order valence-corrected chi connectivity index (χ4v) is 1.70. The van der Waals surface area contributed by atoms with E-state index in [1.165, 1.54) is 6.07 Å². The molecular weight excluding hydrogens is 195 g/mol. The maximum atomic E-state index is 12.8. The van der Waals surface area contributed by atoms with Crippen LogP contribution in [0.5, 0.6) is 0 Å². The van der Waals surface area contributed by atoms with E-state index in [0.717, 1.165) is 24.6 Å². The van der Waals surface area contributed by atoms with E-state index in [4.69, 9.17) is 5.73 Å². The maximum Gasteiger partial charge on any atom is 0.156 e. The first-order valence-corrected chi connectivity index (χ1v) is 4.81. The summed E-state index contributed by atoms with van der Waals surface area (Å²) in [7, 11) is 0. The van der Waals surface area contributed by atoms with Gasteiger partial charge in [0.2, 0.25) is 0 Å². The molecule has 78 valence electrons. The largest absolute Gasteiger partial charge is 0.397 e.